The maximum absolute atomic E-state index is 10.9. The highest BCUT2D eigenvalue weighted by Gasteiger charge is 2.17. The molecule has 4 aromatic rings. The quantitative estimate of drug-likeness (QED) is 0.437. The van der Waals surface area contributed by atoms with E-state index in [1.54, 1.807) is 0 Å². The third kappa shape index (κ3) is 3.95. The predicted molar refractivity (Wildman–Crippen MR) is 115 cm³/mol. The van der Waals surface area contributed by atoms with Crippen molar-refractivity contribution in [3.63, 3.8) is 0 Å². The number of nitrogens with zero attached hydrogens (tertiary/aromatic N) is 3. The van der Waals surface area contributed by atoms with Gasteiger partial charge in [0.2, 0.25) is 0 Å². The molecule has 0 bridgehead atoms. The van der Waals surface area contributed by atoms with E-state index < -0.39 is 6.09 Å². The molecule has 0 saturated heterocycles. The summed E-state index contributed by atoms with van der Waals surface area (Å²) in [6.07, 6.45) is -0.835. The van der Waals surface area contributed by atoms with Gasteiger partial charge in [-0.3, -0.25) is 0 Å². The summed E-state index contributed by atoms with van der Waals surface area (Å²) >= 11 is 6.08. The van der Waals surface area contributed by atoms with Gasteiger partial charge in [0.05, 0.1) is 23.5 Å². The third-order valence-corrected chi connectivity index (χ3v) is 4.92. The molecule has 1 amide bonds. The molecule has 0 atom stereocenters. The summed E-state index contributed by atoms with van der Waals surface area (Å²) in [6.45, 7) is 0.877. The summed E-state index contributed by atoms with van der Waals surface area (Å²) in [5.74, 6) is 1.74. The lowest BCUT2D eigenvalue weighted by Crippen LogP contribution is -2.17. The number of amides is 1. The summed E-state index contributed by atoms with van der Waals surface area (Å²) in [5, 5.41) is 0.842. The van der Waals surface area contributed by atoms with Gasteiger partial charge in [-0.25, -0.2) is 14.8 Å². The summed E-state index contributed by atoms with van der Waals surface area (Å²) < 4.78 is 12.7. The summed E-state index contributed by atoms with van der Waals surface area (Å²) in [6, 6.07) is 15.5. The molecule has 0 saturated carbocycles. The second kappa shape index (κ2) is 8.46. The zero-order valence-electron chi connectivity index (χ0n) is 16.0. The number of hydrogen-bond donors (Lipinski definition) is 2. The van der Waals surface area contributed by atoms with Gasteiger partial charge in [0, 0.05) is 11.5 Å². The van der Waals surface area contributed by atoms with Crippen LogP contribution in [0.2, 0.25) is 0 Å². The van der Waals surface area contributed by atoms with Crippen molar-refractivity contribution in [1.82, 2.24) is 14.5 Å². The van der Waals surface area contributed by atoms with Crippen LogP contribution in [0.3, 0.4) is 0 Å². The number of pyridine rings is 1. The van der Waals surface area contributed by atoms with Crippen molar-refractivity contribution >= 4 is 45.4 Å². The smallest absolute Gasteiger partial charge is 0.404 e. The number of carbonyl (C=O) groups excluding carboxylic acids is 1. The van der Waals surface area contributed by atoms with Crippen LogP contribution < -0.4 is 16.2 Å². The van der Waals surface area contributed by atoms with Crippen LogP contribution in [0.1, 0.15) is 11.4 Å². The standard InChI is InChI=1S/C21H20ClN5O3/c22-11-17-26-18-19(27(17)8-9-29-21(24)28)15-7-6-14(10-16(15)25-20(18)23)30-12-13-4-2-1-3-5-13/h1-7,10H,8-9,11-12H2,(H2,23,25)(H2,24,28). The second-order valence-corrected chi connectivity index (χ2v) is 6.90. The van der Waals surface area contributed by atoms with Crippen molar-refractivity contribution in [1.29, 1.82) is 0 Å². The lowest BCUT2D eigenvalue weighted by atomic mass is 10.1. The van der Waals surface area contributed by atoms with E-state index >= 15 is 0 Å². The van der Waals surface area contributed by atoms with E-state index in [2.05, 4.69) is 9.97 Å². The van der Waals surface area contributed by atoms with Crippen molar-refractivity contribution in [2.24, 2.45) is 5.73 Å². The Labute approximate surface area is 177 Å². The first-order valence-electron chi connectivity index (χ1n) is 9.30. The van der Waals surface area contributed by atoms with E-state index in [0.29, 0.717) is 41.6 Å². The number of halogens is 1. The molecule has 8 nitrogen and oxygen atoms in total. The number of nitrogens with two attached hydrogens (primary N) is 2. The van der Waals surface area contributed by atoms with Crippen LogP contribution in [0, 0.1) is 0 Å². The summed E-state index contributed by atoms with van der Waals surface area (Å²) in [7, 11) is 0. The SMILES string of the molecule is NC(=O)OCCn1c(CCl)nc2c(N)nc3cc(OCc4ccccc4)ccc3c21. The number of primary amides is 1. The molecular weight excluding hydrogens is 406 g/mol. The molecule has 2 aromatic heterocycles. The Balaban J connectivity index is 1.72. The van der Waals surface area contributed by atoms with Crippen molar-refractivity contribution in [2.45, 2.75) is 19.0 Å². The molecule has 30 heavy (non-hydrogen) atoms. The Hall–Kier alpha value is -3.52. The Kier molecular flexibility index (Phi) is 5.58. The largest absolute Gasteiger partial charge is 0.489 e. The van der Waals surface area contributed by atoms with Gasteiger partial charge in [0.25, 0.3) is 0 Å². The van der Waals surface area contributed by atoms with Gasteiger partial charge >= 0.3 is 6.09 Å². The number of hydrogen-bond acceptors (Lipinski definition) is 6. The van der Waals surface area contributed by atoms with Crippen LogP contribution in [0.4, 0.5) is 10.6 Å². The molecule has 9 heteroatoms. The number of aromatic nitrogens is 3. The molecule has 4 N–H and O–H groups in total. The zero-order valence-corrected chi connectivity index (χ0v) is 16.8. The monoisotopic (exact) mass is 425 g/mol. The average molecular weight is 426 g/mol. The normalized spacial score (nSPS) is 11.1. The van der Waals surface area contributed by atoms with E-state index in [1.165, 1.54) is 0 Å². The van der Waals surface area contributed by atoms with E-state index in [4.69, 9.17) is 32.5 Å². The lowest BCUT2D eigenvalue weighted by molar-refractivity contribution is 0.152. The highest BCUT2D eigenvalue weighted by molar-refractivity contribution is 6.17. The average Bonchev–Trinajstić information content (AvgIpc) is 3.12. The lowest BCUT2D eigenvalue weighted by Gasteiger charge is -2.11. The van der Waals surface area contributed by atoms with Gasteiger partial charge in [0.1, 0.15) is 30.3 Å². The first-order valence-corrected chi connectivity index (χ1v) is 9.83. The number of anilines is 1. The summed E-state index contributed by atoms with van der Waals surface area (Å²) in [4.78, 5) is 19.9. The Bertz CT molecular complexity index is 1210. The maximum atomic E-state index is 10.9. The third-order valence-electron chi connectivity index (χ3n) is 4.68. The zero-order chi connectivity index (χ0) is 21.1. The van der Waals surface area contributed by atoms with E-state index in [1.807, 2.05) is 53.1 Å². The predicted octanol–water partition coefficient (Wildman–Crippen LogP) is 3.58. The molecule has 4 rings (SSSR count). The van der Waals surface area contributed by atoms with E-state index in [9.17, 15) is 4.79 Å². The van der Waals surface area contributed by atoms with E-state index in [-0.39, 0.29) is 12.5 Å². The maximum Gasteiger partial charge on any atom is 0.404 e. The molecule has 0 radical (unpaired) electrons. The number of nitrogen functional groups attached to an aromatic ring is 1. The first kappa shape index (κ1) is 19.8. The molecular formula is C21H20ClN5O3. The van der Waals surface area contributed by atoms with Gasteiger partial charge in [-0.15, -0.1) is 11.6 Å². The number of fused-ring (bicyclic) bond motifs is 3. The second-order valence-electron chi connectivity index (χ2n) is 6.63. The van der Waals surface area contributed by atoms with Crippen molar-refractivity contribution < 1.29 is 14.3 Å². The Morgan fingerprint density at radius 2 is 1.93 bits per heavy atom. The topological polar surface area (TPSA) is 118 Å². The number of imidazole rings is 1. The molecule has 2 aromatic carbocycles. The fraction of sp³-hybridized carbons (Fsp3) is 0.190. The van der Waals surface area contributed by atoms with Crippen molar-refractivity contribution in [3.8, 4) is 5.75 Å². The van der Waals surface area contributed by atoms with Crippen LogP contribution in [0.5, 0.6) is 5.75 Å². The molecule has 0 aliphatic rings. The summed E-state index contributed by atoms with van der Waals surface area (Å²) in [5.41, 5.74) is 14.3. The fourth-order valence-electron chi connectivity index (χ4n) is 3.35. The van der Waals surface area contributed by atoms with Gasteiger partial charge in [-0.05, 0) is 17.7 Å². The van der Waals surface area contributed by atoms with Gasteiger partial charge in [-0.2, -0.15) is 0 Å². The number of rotatable bonds is 7. The minimum Gasteiger partial charge on any atom is -0.489 e. The fourth-order valence-corrected chi connectivity index (χ4v) is 3.55. The number of alkyl halides is 1. The minimum atomic E-state index is -0.835. The number of carbonyl (C=O) groups is 1. The highest BCUT2D eigenvalue weighted by atomic mass is 35.5. The molecule has 0 unspecified atom stereocenters. The van der Waals surface area contributed by atoms with Gasteiger partial charge in [-0.1, -0.05) is 30.3 Å². The van der Waals surface area contributed by atoms with Crippen molar-refractivity contribution in [3.05, 3.63) is 59.9 Å². The van der Waals surface area contributed by atoms with Gasteiger partial charge in [0.15, 0.2) is 5.82 Å². The minimum absolute atomic E-state index is 0.0900. The van der Waals surface area contributed by atoms with Crippen LogP contribution >= 0.6 is 11.6 Å². The van der Waals surface area contributed by atoms with Crippen LogP contribution in [-0.2, 0) is 23.8 Å². The first-order chi connectivity index (χ1) is 14.6. The Morgan fingerprint density at radius 1 is 1.13 bits per heavy atom. The van der Waals surface area contributed by atoms with Crippen LogP contribution in [0.25, 0.3) is 21.9 Å². The highest BCUT2D eigenvalue weighted by Crippen LogP contribution is 2.31. The number of ether oxygens (including phenoxy) is 2. The molecule has 0 aliphatic carbocycles. The Morgan fingerprint density at radius 3 is 2.67 bits per heavy atom. The molecule has 0 aliphatic heterocycles. The van der Waals surface area contributed by atoms with E-state index in [0.717, 1.165) is 16.5 Å². The molecule has 154 valence electrons. The van der Waals surface area contributed by atoms with Crippen molar-refractivity contribution in [2.75, 3.05) is 12.3 Å². The van der Waals surface area contributed by atoms with Crippen LogP contribution in [0.15, 0.2) is 48.5 Å². The van der Waals surface area contributed by atoms with Gasteiger partial charge < -0.3 is 25.5 Å². The molecule has 0 spiro atoms. The molecule has 2 heterocycles. The number of benzene rings is 2. The van der Waals surface area contributed by atoms with Crippen LogP contribution in [-0.4, -0.2) is 27.2 Å². The molecule has 0 fully saturated rings.